The summed E-state index contributed by atoms with van der Waals surface area (Å²) in [5.41, 5.74) is 0.464. The SMILES string of the molecule is CC(C)(C)OC(=O)NC(C)(C)C(=O)N[C@H](Cc1c[nH]c2ccccc12)C(=O)N1CCCC(Cc2ccccc2)(C(=O)OCc2ccccc2)C1. The smallest absolute Gasteiger partial charge is 0.408 e. The van der Waals surface area contributed by atoms with E-state index in [0.29, 0.717) is 25.8 Å². The molecule has 2 heterocycles. The van der Waals surface area contributed by atoms with Crippen molar-refractivity contribution in [3.8, 4) is 0 Å². The zero-order valence-corrected chi connectivity index (χ0v) is 29.6. The molecule has 1 aliphatic rings. The predicted octanol–water partition coefficient (Wildman–Crippen LogP) is 6.09. The first kappa shape index (κ1) is 36.2. The topological polar surface area (TPSA) is 130 Å². The molecule has 0 radical (unpaired) electrons. The summed E-state index contributed by atoms with van der Waals surface area (Å²) in [7, 11) is 0. The Bertz CT molecular complexity index is 1800. The van der Waals surface area contributed by atoms with E-state index in [1.54, 1.807) is 39.5 Å². The zero-order valence-electron chi connectivity index (χ0n) is 29.6. The van der Waals surface area contributed by atoms with Gasteiger partial charge >= 0.3 is 12.1 Å². The van der Waals surface area contributed by atoms with Crippen molar-refractivity contribution < 1.29 is 28.7 Å². The molecular weight excluding hydrogens is 632 g/mol. The van der Waals surface area contributed by atoms with Gasteiger partial charge in [0, 0.05) is 36.6 Å². The fourth-order valence-corrected chi connectivity index (χ4v) is 6.46. The molecule has 3 N–H and O–H groups in total. The molecule has 0 aliphatic carbocycles. The van der Waals surface area contributed by atoms with Gasteiger partial charge in [0.15, 0.2) is 0 Å². The van der Waals surface area contributed by atoms with Gasteiger partial charge in [-0.15, -0.1) is 0 Å². The highest BCUT2D eigenvalue weighted by Crippen LogP contribution is 2.36. The maximum Gasteiger partial charge on any atom is 0.408 e. The molecule has 1 saturated heterocycles. The molecule has 1 unspecified atom stereocenters. The summed E-state index contributed by atoms with van der Waals surface area (Å²) in [6.07, 6.45) is 2.82. The summed E-state index contributed by atoms with van der Waals surface area (Å²) in [5, 5.41) is 6.53. The van der Waals surface area contributed by atoms with E-state index >= 15 is 0 Å². The number of nitrogens with zero attached hydrogens (tertiary/aromatic N) is 1. The number of carbonyl (C=O) groups excluding carboxylic acids is 4. The highest BCUT2D eigenvalue weighted by atomic mass is 16.6. The third kappa shape index (κ3) is 9.11. The van der Waals surface area contributed by atoms with Gasteiger partial charge < -0.3 is 30.0 Å². The van der Waals surface area contributed by atoms with Crippen LogP contribution in [0.25, 0.3) is 10.9 Å². The van der Waals surface area contributed by atoms with Crippen LogP contribution in [0.15, 0.2) is 91.1 Å². The second-order valence-corrected chi connectivity index (χ2v) is 14.7. The van der Waals surface area contributed by atoms with E-state index in [1.807, 2.05) is 91.1 Å². The van der Waals surface area contributed by atoms with Crippen molar-refractivity contribution in [3.63, 3.8) is 0 Å². The number of benzene rings is 3. The van der Waals surface area contributed by atoms with Crippen LogP contribution in [0.4, 0.5) is 4.79 Å². The number of aromatic nitrogens is 1. The number of H-pyrrole nitrogens is 1. The second kappa shape index (κ2) is 15.2. The number of alkyl carbamates (subject to hydrolysis) is 1. The number of carbonyl (C=O) groups is 4. The summed E-state index contributed by atoms with van der Waals surface area (Å²) in [4.78, 5) is 60.1. The molecule has 1 aromatic heterocycles. The number of fused-ring (bicyclic) bond motifs is 1. The Balaban J connectivity index is 1.42. The van der Waals surface area contributed by atoms with Crippen LogP contribution in [0.3, 0.4) is 0 Å². The number of amides is 3. The van der Waals surface area contributed by atoms with Crippen molar-refractivity contribution >= 4 is 34.8 Å². The number of ether oxygens (including phenoxy) is 2. The number of para-hydroxylation sites is 1. The molecule has 4 aromatic rings. The van der Waals surface area contributed by atoms with Gasteiger partial charge in [0.05, 0.1) is 5.41 Å². The second-order valence-electron chi connectivity index (χ2n) is 14.7. The maximum absolute atomic E-state index is 14.6. The van der Waals surface area contributed by atoms with Crippen LogP contribution in [0.5, 0.6) is 0 Å². The number of hydrogen-bond acceptors (Lipinski definition) is 6. The van der Waals surface area contributed by atoms with Crippen LogP contribution in [-0.2, 0) is 43.3 Å². The van der Waals surface area contributed by atoms with Gasteiger partial charge in [-0.2, -0.15) is 0 Å². The lowest BCUT2D eigenvalue weighted by Gasteiger charge is -2.42. The van der Waals surface area contributed by atoms with E-state index in [9.17, 15) is 19.2 Å². The minimum absolute atomic E-state index is 0.128. The van der Waals surface area contributed by atoms with E-state index in [2.05, 4.69) is 15.6 Å². The lowest BCUT2D eigenvalue weighted by molar-refractivity contribution is -0.163. The highest BCUT2D eigenvalue weighted by Gasteiger charge is 2.46. The van der Waals surface area contributed by atoms with E-state index < -0.39 is 34.6 Å². The summed E-state index contributed by atoms with van der Waals surface area (Å²) in [6, 6.07) is 26.1. The minimum atomic E-state index is -1.40. The highest BCUT2D eigenvalue weighted by molar-refractivity contribution is 5.94. The number of aromatic amines is 1. The Morgan fingerprint density at radius 2 is 1.52 bits per heavy atom. The van der Waals surface area contributed by atoms with Crippen molar-refractivity contribution in [2.45, 2.75) is 84.1 Å². The molecular formula is C40H48N4O6. The van der Waals surface area contributed by atoms with E-state index in [4.69, 9.17) is 9.47 Å². The first-order chi connectivity index (χ1) is 23.7. The molecule has 50 heavy (non-hydrogen) atoms. The fourth-order valence-electron chi connectivity index (χ4n) is 6.46. The van der Waals surface area contributed by atoms with Crippen molar-refractivity contribution in [2.75, 3.05) is 13.1 Å². The van der Waals surface area contributed by atoms with Crippen LogP contribution in [-0.4, -0.2) is 64.0 Å². The summed E-state index contributed by atoms with van der Waals surface area (Å²) >= 11 is 0. The molecule has 2 atom stereocenters. The number of likely N-dealkylation sites (tertiary alicyclic amines) is 1. The number of esters is 1. The normalized spacial score (nSPS) is 17.1. The number of hydrogen-bond donors (Lipinski definition) is 3. The Kier molecular flexibility index (Phi) is 11.0. The van der Waals surface area contributed by atoms with Crippen LogP contribution in [0, 0.1) is 5.41 Å². The molecule has 3 aromatic carbocycles. The molecule has 3 amide bonds. The van der Waals surface area contributed by atoms with E-state index in [1.165, 1.54) is 0 Å². The van der Waals surface area contributed by atoms with Gasteiger partial charge in [0.2, 0.25) is 11.8 Å². The maximum atomic E-state index is 14.6. The van der Waals surface area contributed by atoms with Gasteiger partial charge in [-0.3, -0.25) is 14.4 Å². The molecule has 10 nitrogen and oxygen atoms in total. The van der Waals surface area contributed by atoms with Gasteiger partial charge in [0.1, 0.15) is 23.8 Å². The summed E-state index contributed by atoms with van der Waals surface area (Å²) < 4.78 is 11.3. The fraction of sp³-hybridized carbons (Fsp3) is 0.400. The average molecular weight is 681 g/mol. The standard InChI is InChI=1S/C40H48N4O6/c1-38(2,3)50-37(48)43-39(4,5)35(46)42-33(23-30-25-41-32-20-13-12-19-31(30)32)34(45)44-22-14-21-40(27-44,24-28-15-8-6-9-16-28)36(47)49-26-29-17-10-7-11-18-29/h6-13,15-20,25,33,41H,14,21-24,26-27H2,1-5H3,(H,42,46)(H,43,48)/t33-,40?/m1/s1. The summed E-state index contributed by atoms with van der Waals surface area (Å²) in [6.45, 7) is 9.02. The molecule has 10 heteroatoms. The molecule has 264 valence electrons. The van der Waals surface area contributed by atoms with E-state index in [0.717, 1.165) is 27.6 Å². The third-order valence-electron chi connectivity index (χ3n) is 9.00. The minimum Gasteiger partial charge on any atom is -0.460 e. The number of piperidine rings is 1. The third-order valence-corrected chi connectivity index (χ3v) is 9.00. The summed E-state index contributed by atoms with van der Waals surface area (Å²) in [5.74, 6) is -1.22. The number of nitrogens with one attached hydrogen (secondary N) is 3. The van der Waals surface area contributed by atoms with Gasteiger partial charge in [-0.25, -0.2) is 4.79 Å². The Hall–Kier alpha value is -5.12. The molecule has 0 bridgehead atoms. The van der Waals surface area contributed by atoms with Gasteiger partial charge in [-0.1, -0.05) is 78.9 Å². The van der Waals surface area contributed by atoms with Crippen molar-refractivity contribution in [1.82, 2.24) is 20.5 Å². The van der Waals surface area contributed by atoms with Crippen LogP contribution in [0.2, 0.25) is 0 Å². The van der Waals surface area contributed by atoms with E-state index in [-0.39, 0.29) is 31.4 Å². The first-order valence-electron chi connectivity index (χ1n) is 17.2. The van der Waals surface area contributed by atoms with Crippen LogP contribution < -0.4 is 10.6 Å². The van der Waals surface area contributed by atoms with Crippen molar-refractivity contribution in [1.29, 1.82) is 0 Å². The largest absolute Gasteiger partial charge is 0.460 e. The van der Waals surface area contributed by atoms with Gasteiger partial charge in [-0.05, 0) is 76.6 Å². The Labute approximate surface area is 293 Å². The zero-order chi connectivity index (χ0) is 35.9. The van der Waals surface area contributed by atoms with Crippen LogP contribution >= 0.6 is 0 Å². The molecule has 1 aliphatic heterocycles. The first-order valence-corrected chi connectivity index (χ1v) is 17.2. The molecule has 0 spiro atoms. The Morgan fingerprint density at radius 1 is 0.880 bits per heavy atom. The van der Waals surface area contributed by atoms with Crippen molar-refractivity contribution in [2.24, 2.45) is 5.41 Å². The average Bonchev–Trinajstić information content (AvgIpc) is 3.49. The lowest BCUT2D eigenvalue weighted by Crippen LogP contribution is -2.61. The molecule has 0 saturated carbocycles. The van der Waals surface area contributed by atoms with Crippen LogP contribution in [0.1, 0.15) is 64.2 Å². The monoisotopic (exact) mass is 680 g/mol. The lowest BCUT2D eigenvalue weighted by atomic mass is 9.74. The van der Waals surface area contributed by atoms with Crippen molar-refractivity contribution in [3.05, 3.63) is 108 Å². The predicted molar refractivity (Wildman–Crippen MR) is 192 cm³/mol. The molecule has 5 rings (SSSR count). The Morgan fingerprint density at radius 3 is 2.20 bits per heavy atom. The van der Waals surface area contributed by atoms with Gasteiger partial charge in [0.25, 0.3) is 0 Å². The quantitative estimate of drug-likeness (QED) is 0.164. The molecule has 1 fully saturated rings. The number of rotatable bonds is 11.